The number of nitrogens with two attached hydrogens (primary N) is 1. The number of pyridine rings is 1. The van der Waals surface area contributed by atoms with Gasteiger partial charge in [-0.25, -0.2) is 29.4 Å². The summed E-state index contributed by atoms with van der Waals surface area (Å²) in [4.78, 5) is 15.1. The van der Waals surface area contributed by atoms with Crippen molar-refractivity contribution < 1.29 is 13.2 Å². The average molecular weight is 363 g/mol. The van der Waals surface area contributed by atoms with Crippen molar-refractivity contribution in [3.8, 4) is 11.1 Å². The minimum atomic E-state index is -4.03. The number of carbonyl (C=O) groups excluding carboxylic acids is 1. The van der Waals surface area contributed by atoms with Crippen LogP contribution in [0.3, 0.4) is 0 Å². The number of hydrogen-bond acceptors (Lipinski definition) is 8. The fourth-order valence-electron chi connectivity index (χ4n) is 2.54. The summed E-state index contributed by atoms with van der Waals surface area (Å²) in [5.74, 6) is -0.176. The number of amides is 1. The second-order valence-electron chi connectivity index (χ2n) is 5.35. The van der Waals surface area contributed by atoms with E-state index in [4.69, 9.17) is 5.14 Å². The number of rotatable bonds is 4. The van der Waals surface area contributed by atoms with E-state index in [9.17, 15) is 13.2 Å². The molecule has 1 aromatic carbocycles. The van der Waals surface area contributed by atoms with Crippen molar-refractivity contribution in [2.45, 2.75) is 18.1 Å². The first-order chi connectivity index (χ1) is 11.9. The third-order valence-electron chi connectivity index (χ3n) is 3.52. The summed E-state index contributed by atoms with van der Waals surface area (Å²) < 4.78 is 23.9. The predicted molar refractivity (Wildman–Crippen MR) is 90.6 cm³/mol. The zero-order valence-corrected chi connectivity index (χ0v) is 14.0. The number of benzene rings is 1. The summed E-state index contributed by atoms with van der Waals surface area (Å²) >= 11 is 0. The molecule has 11 heteroatoms. The monoisotopic (exact) mass is 363 g/mol. The highest BCUT2D eigenvalue weighted by molar-refractivity contribution is 7.89. The predicted octanol–water partition coefficient (Wildman–Crippen LogP) is -0.530. The highest BCUT2D eigenvalue weighted by atomic mass is 32.2. The van der Waals surface area contributed by atoms with Gasteiger partial charge in [-0.3, -0.25) is 4.79 Å². The van der Waals surface area contributed by atoms with Gasteiger partial charge < -0.3 is 5.32 Å². The fourth-order valence-corrected chi connectivity index (χ4v) is 3.29. The largest absolute Gasteiger partial charge is 0.326 e. The molecule has 2 aromatic rings. The number of nitrogens with zero attached hydrogens (tertiary/aromatic N) is 1. The molecule has 3 rings (SSSR count). The maximum Gasteiger partial charge on any atom is 0.255 e. The van der Waals surface area contributed by atoms with E-state index >= 15 is 0 Å². The summed E-state index contributed by atoms with van der Waals surface area (Å²) in [5.41, 5.74) is 13.3. The van der Waals surface area contributed by atoms with Gasteiger partial charge in [-0.2, -0.15) is 11.1 Å². The number of primary sulfonamides is 1. The summed E-state index contributed by atoms with van der Waals surface area (Å²) in [6, 6.07) is 8.69. The van der Waals surface area contributed by atoms with Crippen LogP contribution in [-0.4, -0.2) is 19.3 Å². The lowest BCUT2D eigenvalue weighted by Crippen LogP contribution is -2.33. The van der Waals surface area contributed by atoms with Gasteiger partial charge in [0.25, 0.3) is 10.0 Å². The Morgan fingerprint density at radius 1 is 1.16 bits per heavy atom. The Morgan fingerprint density at radius 3 is 2.36 bits per heavy atom. The molecule has 0 radical (unpaired) electrons. The van der Waals surface area contributed by atoms with Gasteiger partial charge >= 0.3 is 0 Å². The molecule has 1 amide bonds. The topological polar surface area (TPSA) is 150 Å². The van der Waals surface area contributed by atoms with Crippen LogP contribution < -0.4 is 32.4 Å². The number of anilines is 1. The molecule has 1 aromatic heterocycles. The van der Waals surface area contributed by atoms with Gasteiger partial charge in [0.05, 0.1) is 0 Å². The van der Waals surface area contributed by atoms with Crippen molar-refractivity contribution in [3.05, 3.63) is 42.1 Å². The van der Waals surface area contributed by atoms with Gasteiger partial charge in [-0.15, -0.1) is 0 Å². The first-order valence-corrected chi connectivity index (χ1v) is 8.81. The molecule has 25 heavy (non-hydrogen) atoms. The normalized spacial score (nSPS) is 15.3. The van der Waals surface area contributed by atoms with Crippen LogP contribution in [0.1, 0.15) is 18.7 Å². The fraction of sp³-hybridized carbons (Fsp3) is 0.143. The van der Waals surface area contributed by atoms with E-state index in [1.165, 1.54) is 13.1 Å². The van der Waals surface area contributed by atoms with Crippen LogP contribution in [-0.2, 0) is 14.8 Å². The molecule has 1 aliphatic heterocycles. The molecule has 0 atom stereocenters. The Hall–Kier alpha value is -2.41. The molecule has 0 bridgehead atoms. The minimum absolute atomic E-state index is 0.176. The Kier molecular flexibility index (Phi) is 4.76. The maximum atomic E-state index is 11.9. The standard InChI is InChI=1S/C14H17N7O3S/c1-8(22)17-10-4-2-9(3-5-10)11-6-7-16-14(25(15,23)24)12(11)13-18-20-21-19-13/h2-7,13,18-21H,1H3,(H,17,22)(H2,15,23,24). The van der Waals surface area contributed by atoms with Crippen LogP contribution in [0.2, 0.25) is 0 Å². The zero-order valence-electron chi connectivity index (χ0n) is 13.2. The third-order valence-corrected chi connectivity index (χ3v) is 4.39. The van der Waals surface area contributed by atoms with Crippen molar-refractivity contribution in [2.24, 2.45) is 5.14 Å². The number of aromatic nitrogens is 1. The second-order valence-corrected chi connectivity index (χ2v) is 6.83. The van der Waals surface area contributed by atoms with Gasteiger partial charge in [-0.1, -0.05) is 12.1 Å². The third kappa shape index (κ3) is 3.82. The molecule has 0 spiro atoms. The molecule has 1 saturated heterocycles. The number of nitrogens with one attached hydrogen (secondary N) is 5. The van der Waals surface area contributed by atoms with Crippen molar-refractivity contribution in [1.82, 2.24) is 26.9 Å². The number of hydrazine groups is 3. The average Bonchev–Trinajstić information content (AvgIpc) is 3.08. The molecule has 0 unspecified atom stereocenters. The minimum Gasteiger partial charge on any atom is -0.326 e. The van der Waals surface area contributed by atoms with Crippen LogP contribution in [0.15, 0.2) is 41.6 Å². The molecule has 10 nitrogen and oxygen atoms in total. The zero-order chi connectivity index (χ0) is 18.0. The SMILES string of the molecule is CC(=O)Nc1ccc(-c2ccnc(S(N)(=O)=O)c2C2NNNN2)cc1. The molecule has 1 fully saturated rings. The molecule has 1 aliphatic rings. The van der Waals surface area contributed by atoms with Crippen molar-refractivity contribution in [3.63, 3.8) is 0 Å². The van der Waals surface area contributed by atoms with Crippen LogP contribution >= 0.6 is 0 Å². The second kappa shape index (κ2) is 6.84. The molecular formula is C14H17N7O3S. The highest BCUT2D eigenvalue weighted by Gasteiger charge is 2.28. The van der Waals surface area contributed by atoms with Crippen LogP contribution in [0, 0.1) is 0 Å². The van der Waals surface area contributed by atoms with Crippen LogP contribution in [0.4, 0.5) is 5.69 Å². The van der Waals surface area contributed by atoms with Gasteiger partial charge in [0.15, 0.2) is 5.03 Å². The maximum absolute atomic E-state index is 11.9. The molecular weight excluding hydrogens is 346 g/mol. The van der Waals surface area contributed by atoms with E-state index in [1.54, 1.807) is 30.3 Å². The lowest BCUT2D eigenvalue weighted by Gasteiger charge is -2.18. The number of sulfonamides is 1. The van der Waals surface area contributed by atoms with Gasteiger partial charge in [0.1, 0.15) is 6.17 Å². The van der Waals surface area contributed by atoms with Crippen LogP contribution in [0.25, 0.3) is 11.1 Å². The summed E-state index contributed by atoms with van der Waals surface area (Å²) in [5, 5.41) is 7.76. The van der Waals surface area contributed by atoms with Gasteiger partial charge in [0.2, 0.25) is 5.91 Å². The van der Waals surface area contributed by atoms with E-state index in [0.717, 1.165) is 5.56 Å². The van der Waals surface area contributed by atoms with E-state index in [1.807, 2.05) is 0 Å². The number of carbonyl (C=O) groups is 1. The quantitative estimate of drug-likeness (QED) is 0.424. The summed E-state index contributed by atoms with van der Waals surface area (Å²) in [7, 11) is -4.03. The van der Waals surface area contributed by atoms with Crippen molar-refractivity contribution in [1.29, 1.82) is 0 Å². The molecule has 7 N–H and O–H groups in total. The van der Waals surface area contributed by atoms with E-state index in [0.29, 0.717) is 16.8 Å². The molecule has 2 heterocycles. The Labute approximate surface area is 144 Å². The number of hydrogen-bond donors (Lipinski definition) is 6. The summed E-state index contributed by atoms with van der Waals surface area (Å²) in [6.07, 6.45) is 0.808. The first kappa shape index (κ1) is 17.4. The van der Waals surface area contributed by atoms with E-state index in [2.05, 4.69) is 32.2 Å². The summed E-state index contributed by atoms with van der Waals surface area (Å²) in [6.45, 7) is 1.42. The molecule has 0 saturated carbocycles. The van der Waals surface area contributed by atoms with Crippen molar-refractivity contribution >= 4 is 21.6 Å². The van der Waals surface area contributed by atoms with Gasteiger partial charge in [0, 0.05) is 24.4 Å². The van der Waals surface area contributed by atoms with Crippen LogP contribution in [0.5, 0.6) is 0 Å². The van der Waals surface area contributed by atoms with Crippen molar-refractivity contribution in [2.75, 3.05) is 5.32 Å². The van der Waals surface area contributed by atoms with E-state index < -0.39 is 16.2 Å². The smallest absolute Gasteiger partial charge is 0.255 e. The molecule has 0 aliphatic carbocycles. The Morgan fingerprint density at radius 2 is 1.80 bits per heavy atom. The lowest BCUT2D eigenvalue weighted by molar-refractivity contribution is -0.114. The first-order valence-electron chi connectivity index (χ1n) is 7.27. The Balaban J connectivity index is 2.10. The lowest BCUT2D eigenvalue weighted by atomic mass is 10.00. The molecule has 132 valence electrons. The highest BCUT2D eigenvalue weighted by Crippen LogP contribution is 2.31. The van der Waals surface area contributed by atoms with Gasteiger partial charge in [-0.05, 0) is 29.3 Å². The van der Waals surface area contributed by atoms with E-state index in [-0.39, 0.29) is 10.9 Å². The Bertz CT molecular complexity index is 893.